The lowest BCUT2D eigenvalue weighted by Gasteiger charge is -2.21. The van der Waals surface area contributed by atoms with Crippen molar-refractivity contribution in [2.45, 2.75) is 18.8 Å². The maximum Gasteiger partial charge on any atom is 0.150 e. The van der Waals surface area contributed by atoms with Crippen LogP contribution in [-0.2, 0) is 9.84 Å². The molecule has 1 aliphatic rings. The highest BCUT2D eigenvalue weighted by Gasteiger charge is 2.27. The molecule has 0 saturated carbocycles. The smallest absolute Gasteiger partial charge is 0.150 e. The number of pyridine rings is 1. The van der Waals surface area contributed by atoms with Gasteiger partial charge in [-0.3, -0.25) is 4.40 Å². The van der Waals surface area contributed by atoms with E-state index in [4.69, 9.17) is 5.73 Å². The summed E-state index contributed by atoms with van der Waals surface area (Å²) in [5.74, 6) is 2.21. The molecule has 2 aromatic rings. The minimum Gasteiger partial charge on any atom is -0.385 e. The highest BCUT2D eigenvalue weighted by atomic mass is 32.2. The molecule has 0 spiro atoms. The predicted octanol–water partition coefficient (Wildman–Crippen LogP) is 1.21. The number of hydrogen-bond acceptors (Lipinski definition) is 4. The number of nitrogen functional groups attached to an aromatic ring is 1. The van der Waals surface area contributed by atoms with E-state index < -0.39 is 9.84 Å². The van der Waals surface area contributed by atoms with E-state index in [1.165, 1.54) is 0 Å². The van der Waals surface area contributed by atoms with Gasteiger partial charge in [0.05, 0.1) is 23.2 Å². The topological polar surface area (TPSA) is 77.5 Å². The van der Waals surface area contributed by atoms with Crippen molar-refractivity contribution in [3.63, 3.8) is 0 Å². The Kier molecular flexibility index (Phi) is 2.55. The summed E-state index contributed by atoms with van der Waals surface area (Å²) in [4.78, 5) is 4.42. The van der Waals surface area contributed by atoms with Gasteiger partial charge in [-0.15, -0.1) is 0 Å². The number of aromatic nitrogens is 2. The van der Waals surface area contributed by atoms with Crippen LogP contribution in [0.2, 0.25) is 0 Å². The lowest BCUT2D eigenvalue weighted by atomic mass is 10.0. The van der Waals surface area contributed by atoms with Crippen LogP contribution in [0.15, 0.2) is 24.4 Å². The Labute approximate surface area is 106 Å². The Bertz CT molecular complexity index is 676. The molecule has 0 atom stereocenters. The highest BCUT2D eigenvalue weighted by molar-refractivity contribution is 7.91. The standard InChI is InChI=1S/C12H15N3O2S/c13-11-3-1-2-10-8-14-12(15(10)11)9-4-6-18(16,17)7-5-9/h1-3,8-9H,4-7,13H2. The van der Waals surface area contributed by atoms with E-state index in [2.05, 4.69) is 4.98 Å². The Hall–Kier alpha value is -1.56. The van der Waals surface area contributed by atoms with Gasteiger partial charge in [0, 0.05) is 5.92 Å². The molecule has 0 amide bonds. The first kappa shape index (κ1) is 11.5. The van der Waals surface area contributed by atoms with Gasteiger partial charge >= 0.3 is 0 Å². The van der Waals surface area contributed by atoms with Crippen LogP contribution in [0.5, 0.6) is 0 Å². The number of anilines is 1. The summed E-state index contributed by atoms with van der Waals surface area (Å²) in [6.07, 6.45) is 3.06. The molecule has 2 aromatic heterocycles. The minimum atomic E-state index is -2.84. The number of fused-ring (bicyclic) bond motifs is 1. The highest BCUT2D eigenvalue weighted by Crippen LogP contribution is 2.29. The Balaban J connectivity index is 2.01. The van der Waals surface area contributed by atoms with E-state index in [0.29, 0.717) is 18.7 Å². The molecule has 96 valence electrons. The van der Waals surface area contributed by atoms with E-state index in [9.17, 15) is 8.42 Å². The molecule has 6 heteroatoms. The van der Waals surface area contributed by atoms with E-state index in [1.54, 1.807) is 6.20 Å². The van der Waals surface area contributed by atoms with Gasteiger partial charge < -0.3 is 5.73 Å². The third-order valence-corrected chi connectivity index (χ3v) is 5.24. The first-order chi connectivity index (χ1) is 8.57. The van der Waals surface area contributed by atoms with Crippen LogP contribution in [0.3, 0.4) is 0 Å². The Morgan fingerprint density at radius 3 is 2.72 bits per heavy atom. The SMILES string of the molecule is Nc1cccc2cnc(C3CCS(=O)(=O)CC3)n12. The maximum absolute atomic E-state index is 11.4. The lowest BCUT2D eigenvalue weighted by Crippen LogP contribution is -2.23. The van der Waals surface area contributed by atoms with Crippen molar-refractivity contribution in [1.29, 1.82) is 0 Å². The molecular formula is C12H15N3O2S. The predicted molar refractivity (Wildman–Crippen MR) is 70.2 cm³/mol. The molecule has 0 aliphatic carbocycles. The van der Waals surface area contributed by atoms with E-state index >= 15 is 0 Å². The molecule has 0 aromatic carbocycles. The fourth-order valence-electron chi connectivity index (χ4n) is 2.53. The average molecular weight is 265 g/mol. The van der Waals surface area contributed by atoms with Crippen LogP contribution in [0.25, 0.3) is 5.52 Å². The number of rotatable bonds is 1. The molecule has 3 rings (SSSR count). The van der Waals surface area contributed by atoms with E-state index in [-0.39, 0.29) is 17.4 Å². The van der Waals surface area contributed by atoms with Gasteiger partial charge in [-0.25, -0.2) is 13.4 Å². The molecule has 1 saturated heterocycles. The minimum absolute atomic E-state index is 0.181. The van der Waals surface area contributed by atoms with Crippen molar-refractivity contribution in [2.24, 2.45) is 0 Å². The van der Waals surface area contributed by atoms with Crippen molar-refractivity contribution >= 4 is 21.2 Å². The van der Waals surface area contributed by atoms with Gasteiger partial charge in [-0.1, -0.05) is 6.07 Å². The molecule has 2 N–H and O–H groups in total. The van der Waals surface area contributed by atoms with Crippen molar-refractivity contribution in [3.05, 3.63) is 30.2 Å². The van der Waals surface area contributed by atoms with Gasteiger partial charge in [0.25, 0.3) is 0 Å². The average Bonchev–Trinajstić information content (AvgIpc) is 2.74. The van der Waals surface area contributed by atoms with Crippen LogP contribution < -0.4 is 5.73 Å². The zero-order chi connectivity index (χ0) is 12.8. The molecule has 3 heterocycles. The second kappa shape index (κ2) is 3.98. The largest absolute Gasteiger partial charge is 0.385 e. The Morgan fingerprint density at radius 1 is 1.28 bits per heavy atom. The second-order valence-electron chi connectivity index (χ2n) is 4.75. The molecule has 1 fully saturated rings. The van der Waals surface area contributed by atoms with Crippen LogP contribution in [0.4, 0.5) is 5.82 Å². The van der Waals surface area contributed by atoms with Crippen LogP contribution in [0, 0.1) is 0 Å². The van der Waals surface area contributed by atoms with E-state index in [0.717, 1.165) is 11.3 Å². The lowest BCUT2D eigenvalue weighted by molar-refractivity contribution is 0.536. The number of sulfone groups is 1. The molecular weight excluding hydrogens is 250 g/mol. The van der Waals surface area contributed by atoms with Gasteiger partial charge in [-0.2, -0.15) is 0 Å². The summed E-state index contributed by atoms with van der Waals surface area (Å²) in [7, 11) is -2.84. The molecule has 0 bridgehead atoms. The summed E-state index contributed by atoms with van der Waals surface area (Å²) in [6.45, 7) is 0. The van der Waals surface area contributed by atoms with Gasteiger partial charge in [0.1, 0.15) is 21.5 Å². The monoisotopic (exact) mass is 265 g/mol. The van der Waals surface area contributed by atoms with Crippen molar-refractivity contribution in [2.75, 3.05) is 17.2 Å². The third-order valence-electron chi connectivity index (χ3n) is 3.53. The summed E-state index contributed by atoms with van der Waals surface area (Å²) >= 11 is 0. The van der Waals surface area contributed by atoms with Crippen molar-refractivity contribution < 1.29 is 8.42 Å². The number of nitrogens with zero attached hydrogens (tertiary/aromatic N) is 2. The second-order valence-corrected chi connectivity index (χ2v) is 7.06. The normalized spacial score (nSPS) is 20.2. The van der Waals surface area contributed by atoms with E-state index in [1.807, 2.05) is 22.6 Å². The van der Waals surface area contributed by atoms with Gasteiger partial charge in [0.2, 0.25) is 0 Å². The van der Waals surface area contributed by atoms with Crippen LogP contribution in [0.1, 0.15) is 24.6 Å². The third kappa shape index (κ3) is 1.86. The van der Waals surface area contributed by atoms with Gasteiger partial charge in [-0.05, 0) is 25.0 Å². The number of imidazole rings is 1. The zero-order valence-electron chi connectivity index (χ0n) is 9.91. The van der Waals surface area contributed by atoms with Crippen LogP contribution in [-0.4, -0.2) is 29.3 Å². The molecule has 0 unspecified atom stereocenters. The summed E-state index contributed by atoms with van der Waals surface area (Å²) in [5.41, 5.74) is 6.92. The first-order valence-electron chi connectivity index (χ1n) is 5.99. The summed E-state index contributed by atoms with van der Waals surface area (Å²) < 4.78 is 24.8. The molecule has 18 heavy (non-hydrogen) atoms. The number of nitrogens with two attached hydrogens (primary N) is 1. The summed E-state index contributed by atoms with van der Waals surface area (Å²) in [5, 5.41) is 0. The quantitative estimate of drug-likeness (QED) is 0.840. The molecule has 0 radical (unpaired) electrons. The number of hydrogen-bond donors (Lipinski definition) is 1. The fraction of sp³-hybridized carbons (Fsp3) is 0.417. The van der Waals surface area contributed by atoms with Gasteiger partial charge in [0.15, 0.2) is 0 Å². The van der Waals surface area contributed by atoms with Crippen LogP contribution >= 0.6 is 0 Å². The summed E-state index contributed by atoms with van der Waals surface area (Å²) in [6, 6.07) is 5.67. The fourth-order valence-corrected chi connectivity index (χ4v) is 4.03. The first-order valence-corrected chi connectivity index (χ1v) is 7.81. The molecule has 5 nitrogen and oxygen atoms in total. The Morgan fingerprint density at radius 2 is 2.00 bits per heavy atom. The maximum atomic E-state index is 11.4. The van der Waals surface area contributed by atoms with Crippen molar-refractivity contribution in [3.8, 4) is 0 Å². The zero-order valence-corrected chi connectivity index (χ0v) is 10.7. The van der Waals surface area contributed by atoms with Crippen molar-refractivity contribution in [1.82, 2.24) is 9.38 Å². The molecule has 1 aliphatic heterocycles.